The molecular weight excluding hydrogens is 412 g/mol. The van der Waals surface area contributed by atoms with Crippen molar-refractivity contribution in [3.63, 3.8) is 0 Å². The Balaban J connectivity index is 1.67. The highest BCUT2D eigenvalue weighted by molar-refractivity contribution is 5.96. The number of rotatable bonds is 6. The molecule has 0 radical (unpaired) electrons. The Kier molecular flexibility index (Phi) is 5.90. The summed E-state index contributed by atoms with van der Waals surface area (Å²) in [6.07, 6.45) is 1.55. The third-order valence-corrected chi connectivity index (χ3v) is 5.56. The van der Waals surface area contributed by atoms with E-state index in [1.165, 1.54) is 24.3 Å². The second-order valence-corrected chi connectivity index (χ2v) is 7.58. The second-order valence-electron chi connectivity index (χ2n) is 7.58. The molecule has 3 aromatic carbocycles. The number of hydrogen-bond donors (Lipinski definition) is 1. The van der Waals surface area contributed by atoms with Gasteiger partial charge in [-0.15, -0.1) is 0 Å². The molecule has 1 atom stereocenters. The first kappa shape index (κ1) is 21.5. The summed E-state index contributed by atoms with van der Waals surface area (Å²) >= 11 is 0. The monoisotopic (exact) mass is 435 g/mol. The van der Waals surface area contributed by atoms with Crippen LogP contribution in [0.3, 0.4) is 0 Å². The fraction of sp³-hybridized carbons (Fsp3) is 0.200. The standard InChI is InChI=1S/C25H23F2N3O2/c1-4-32-23-12-17(8-9-21(23)16-6-5-7-19(26)10-16)25(31)30(3)15(2)22-13-20(27)11-18-14-28-29-24(18)22/h5-15H,4H2,1-3H3,(H,28,29)/t15-/m0/s1. The molecule has 0 spiro atoms. The van der Waals surface area contributed by atoms with Crippen LogP contribution in [0.25, 0.3) is 22.0 Å². The number of H-pyrrole nitrogens is 1. The topological polar surface area (TPSA) is 58.2 Å². The van der Waals surface area contributed by atoms with Crippen molar-refractivity contribution in [2.45, 2.75) is 19.9 Å². The Morgan fingerprint density at radius 2 is 1.94 bits per heavy atom. The normalized spacial score (nSPS) is 12.0. The Bertz CT molecular complexity index is 1290. The molecule has 7 heteroatoms. The molecule has 4 rings (SSSR count). The van der Waals surface area contributed by atoms with Gasteiger partial charge >= 0.3 is 0 Å². The van der Waals surface area contributed by atoms with Gasteiger partial charge in [0, 0.05) is 29.1 Å². The van der Waals surface area contributed by atoms with Gasteiger partial charge in [0.25, 0.3) is 5.91 Å². The van der Waals surface area contributed by atoms with E-state index in [1.54, 1.807) is 48.5 Å². The minimum atomic E-state index is -0.417. The summed E-state index contributed by atoms with van der Waals surface area (Å²) in [5.41, 5.74) is 3.10. The maximum atomic E-state index is 14.1. The number of carbonyl (C=O) groups excluding carboxylic acids is 1. The number of amides is 1. The van der Waals surface area contributed by atoms with Gasteiger partial charge in [-0.05, 0) is 61.9 Å². The molecule has 0 aliphatic carbocycles. The number of aromatic nitrogens is 2. The number of nitrogens with zero attached hydrogens (tertiary/aromatic N) is 2. The molecule has 4 aromatic rings. The van der Waals surface area contributed by atoms with Crippen molar-refractivity contribution in [2.24, 2.45) is 0 Å². The van der Waals surface area contributed by atoms with E-state index in [2.05, 4.69) is 10.2 Å². The molecule has 1 aromatic heterocycles. The van der Waals surface area contributed by atoms with E-state index in [4.69, 9.17) is 4.74 Å². The summed E-state index contributed by atoms with van der Waals surface area (Å²) in [7, 11) is 1.67. The van der Waals surface area contributed by atoms with E-state index in [9.17, 15) is 13.6 Å². The van der Waals surface area contributed by atoms with Crippen molar-refractivity contribution in [3.05, 3.63) is 83.6 Å². The third-order valence-electron chi connectivity index (χ3n) is 5.56. The first-order valence-electron chi connectivity index (χ1n) is 10.3. The van der Waals surface area contributed by atoms with Gasteiger partial charge in [0.05, 0.1) is 24.4 Å². The Morgan fingerprint density at radius 1 is 1.12 bits per heavy atom. The van der Waals surface area contributed by atoms with Crippen molar-refractivity contribution in [2.75, 3.05) is 13.7 Å². The first-order valence-corrected chi connectivity index (χ1v) is 10.3. The van der Waals surface area contributed by atoms with Gasteiger partial charge in [-0.2, -0.15) is 5.10 Å². The van der Waals surface area contributed by atoms with Crippen LogP contribution >= 0.6 is 0 Å². The van der Waals surface area contributed by atoms with E-state index < -0.39 is 6.04 Å². The van der Waals surface area contributed by atoms with E-state index in [-0.39, 0.29) is 17.5 Å². The van der Waals surface area contributed by atoms with Gasteiger partial charge in [0.1, 0.15) is 17.4 Å². The van der Waals surface area contributed by atoms with E-state index in [0.717, 1.165) is 0 Å². The van der Waals surface area contributed by atoms with Crippen molar-refractivity contribution in [1.29, 1.82) is 0 Å². The van der Waals surface area contributed by atoms with Crippen LogP contribution < -0.4 is 4.74 Å². The fourth-order valence-electron chi connectivity index (χ4n) is 3.79. The molecule has 164 valence electrons. The van der Waals surface area contributed by atoms with Crippen molar-refractivity contribution >= 4 is 16.8 Å². The maximum Gasteiger partial charge on any atom is 0.254 e. The zero-order valence-electron chi connectivity index (χ0n) is 18.0. The van der Waals surface area contributed by atoms with Crippen LogP contribution in [0.5, 0.6) is 5.75 Å². The molecule has 0 bridgehead atoms. The molecular formula is C25H23F2N3O2. The lowest BCUT2D eigenvalue weighted by Crippen LogP contribution is -2.30. The Morgan fingerprint density at radius 3 is 2.69 bits per heavy atom. The molecule has 0 saturated heterocycles. The summed E-state index contributed by atoms with van der Waals surface area (Å²) in [6, 6.07) is 13.7. The second kappa shape index (κ2) is 8.78. The summed E-state index contributed by atoms with van der Waals surface area (Å²) in [5, 5.41) is 7.51. The zero-order chi connectivity index (χ0) is 22.8. The van der Waals surface area contributed by atoms with Crippen LogP contribution in [0.4, 0.5) is 8.78 Å². The predicted molar refractivity (Wildman–Crippen MR) is 120 cm³/mol. The molecule has 1 heterocycles. The number of carbonyl (C=O) groups is 1. The average molecular weight is 435 g/mol. The molecule has 0 aliphatic heterocycles. The highest BCUT2D eigenvalue weighted by Crippen LogP contribution is 2.33. The Hall–Kier alpha value is -3.74. The van der Waals surface area contributed by atoms with Crippen molar-refractivity contribution in [1.82, 2.24) is 15.1 Å². The Labute approximate surface area is 184 Å². The van der Waals surface area contributed by atoms with Crippen LogP contribution in [0.1, 0.15) is 35.8 Å². The smallest absolute Gasteiger partial charge is 0.254 e. The number of aromatic amines is 1. The lowest BCUT2D eigenvalue weighted by Gasteiger charge is -2.26. The minimum Gasteiger partial charge on any atom is -0.493 e. The van der Waals surface area contributed by atoms with Crippen LogP contribution in [-0.4, -0.2) is 34.7 Å². The lowest BCUT2D eigenvalue weighted by atomic mass is 10.0. The molecule has 0 aliphatic rings. The van der Waals surface area contributed by atoms with Crippen LogP contribution in [0, 0.1) is 11.6 Å². The van der Waals surface area contributed by atoms with Gasteiger partial charge in [-0.1, -0.05) is 12.1 Å². The minimum absolute atomic E-state index is 0.249. The summed E-state index contributed by atoms with van der Waals surface area (Å²) in [5.74, 6) is -0.494. The predicted octanol–water partition coefficient (Wildman–Crippen LogP) is 5.74. The van der Waals surface area contributed by atoms with Gasteiger partial charge < -0.3 is 9.64 Å². The van der Waals surface area contributed by atoms with Crippen molar-refractivity contribution in [3.8, 4) is 16.9 Å². The quantitative estimate of drug-likeness (QED) is 0.420. The first-order chi connectivity index (χ1) is 15.4. The molecule has 5 nitrogen and oxygen atoms in total. The molecule has 1 amide bonds. The number of benzene rings is 3. The number of nitrogens with one attached hydrogen (secondary N) is 1. The average Bonchev–Trinajstić information content (AvgIpc) is 3.25. The van der Waals surface area contributed by atoms with Crippen LogP contribution in [0.2, 0.25) is 0 Å². The van der Waals surface area contributed by atoms with E-state index in [1.807, 2.05) is 13.8 Å². The number of ether oxygens (including phenoxy) is 1. The van der Waals surface area contributed by atoms with Gasteiger partial charge in [0.15, 0.2) is 0 Å². The molecule has 0 unspecified atom stereocenters. The van der Waals surface area contributed by atoms with E-state index in [0.29, 0.717) is 45.5 Å². The SMILES string of the molecule is CCOc1cc(C(=O)N(C)[C@@H](C)c2cc(F)cc3cn[nH]c23)ccc1-c1cccc(F)c1. The van der Waals surface area contributed by atoms with Gasteiger partial charge in [0.2, 0.25) is 0 Å². The highest BCUT2D eigenvalue weighted by atomic mass is 19.1. The summed E-state index contributed by atoms with van der Waals surface area (Å²) in [6.45, 7) is 4.07. The fourth-order valence-corrected chi connectivity index (χ4v) is 3.79. The molecule has 0 saturated carbocycles. The number of hydrogen-bond acceptors (Lipinski definition) is 3. The molecule has 1 N–H and O–H groups in total. The number of fused-ring (bicyclic) bond motifs is 1. The van der Waals surface area contributed by atoms with E-state index >= 15 is 0 Å². The lowest BCUT2D eigenvalue weighted by molar-refractivity contribution is 0.0743. The summed E-state index contributed by atoms with van der Waals surface area (Å²) < 4.78 is 33.6. The maximum absolute atomic E-state index is 14.1. The zero-order valence-corrected chi connectivity index (χ0v) is 18.0. The van der Waals surface area contributed by atoms with Gasteiger partial charge in [-0.3, -0.25) is 9.89 Å². The molecule has 0 fully saturated rings. The van der Waals surface area contributed by atoms with Gasteiger partial charge in [-0.25, -0.2) is 8.78 Å². The molecule has 32 heavy (non-hydrogen) atoms. The van der Waals surface area contributed by atoms with Crippen LogP contribution in [0.15, 0.2) is 60.8 Å². The van der Waals surface area contributed by atoms with Crippen molar-refractivity contribution < 1.29 is 18.3 Å². The third kappa shape index (κ3) is 4.06. The summed E-state index contributed by atoms with van der Waals surface area (Å²) in [4.78, 5) is 14.8. The highest BCUT2D eigenvalue weighted by Gasteiger charge is 2.23. The van der Waals surface area contributed by atoms with Crippen LogP contribution in [-0.2, 0) is 0 Å². The number of halogens is 2. The largest absolute Gasteiger partial charge is 0.493 e.